The Morgan fingerprint density at radius 2 is 1.86 bits per heavy atom. The summed E-state index contributed by atoms with van der Waals surface area (Å²) in [5, 5.41) is 3.13. The van der Waals surface area contributed by atoms with Crippen LogP contribution in [0.2, 0.25) is 0 Å². The van der Waals surface area contributed by atoms with Gasteiger partial charge in [-0.3, -0.25) is 9.59 Å². The smallest absolute Gasteiger partial charge is 0.305 e. The average Bonchev–Trinajstić information content (AvgIpc) is 2.50. The number of nitrogens with one attached hydrogen (secondary N) is 1. The number of benzene rings is 1. The SMILES string of the molecule is COCCNC(CCC(=O)OC)C(=O)c1ccc(C)cc1. The second-order valence-electron chi connectivity index (χ2n) is 4.84. The van der Waals surface area contributed by atoms with Crippen LogP contribution in [-0.2, 0) is 14.3 Å². The molecule has 21 heavy (non-hydrogen) atoms. The molecule has 0 aromatic heterocycles. The van der Waals surface area contributed by atoms with Crippen molar-refractivity contribution in [1.29, 1.82) is 0 Å². The molecular formula is C16H23NO4. The van der Waals surface area contributed by atoms with Crippen LogP contribution in [0.1, 0.15) is 28.8 Å². The van der Waals surface area contributed by atoms with Gasteiger partial charge in [-0.2, -0.15) is 0 Å². The topological polar surface area (TPSA) is 64.6 Å². The average molecular weight is 293 g/mol. The fraction of sp³-hybridized carbons (Fsp3) is 0.500. The summed E-state index contributed by atoms with van der Waals surface area (Å²) in [7, 11) is 2.95. The Bertz CT molecular complexity index is 456. The largest absolute Gasteiger partial charge is 0.469 e. The van der Waals surface area contributed by atoms with Crippen molar-refractivity contribution < 1.29 is 19.1 Å². The molecule has 1 rings (SSSR count). The first-order chi connectivity index (χ1) is 10.1. The Morgan fingerprint density at radius 3 is 2.43 bits per heavy atom. The third-order valence-electron chi connectivity index (χ3n) is 3.21. The lowest BCUT2D eigenvalue weighted by molar-refractivity contribution is -0.140. The van der Waals surface area contributed by atoms with Gasteiger partial charge in [0.25, 0.3) is 0 Å². The molecule has 1 aromatic carbocycles. The van der Waals surface area contributed by atoms with E-state index in [2.05, 4.69) is 10.1 Å². The summed E-state index contributed by atoms with van der Waals surface area (Å²) >= 11 is 0. The minimum absolute atomic E-state index is 0.0185. The van der Waals surface area contributed by atoms with E-state index >= 15 is 0 Å². The number of carbonyl (C=O) groups is 2. The van der Waals surface area contributed by atoms with Crippen molar-refractivity contribution in [3.8, 4) is 0 Å². The second-order valence-corrected chi connectivity index (χ2v) is 4.84. The van der Waals surface area contributed by atoms with Gasteiger partial charge in [-0.05, 0) is 13.3 Å². The van der Waals surface area contributed by atoms with Crippen molar-refractivity contribution in [1.82, 2.24) is 5.32 Å². The molecule has 0 radical (unpaired) electrons. The first-order valence-electron chi connectivity index (χ1n) is 6.98. The molecule has 1 N–H and O–H groups in total. The first kappa shape index (κ1) is 17.3. The lowest BCUT2D eigenvalue weighted by Gasteiger charge is -2.17. The van der Waals surface area contributed by atoms with Gasteiger partial charge in [-0.15, -0.1) is 0 Å². The standard InChI is InChI=1S/C16H23NO4/c1-12-4-6-13(7-5-12)16(19)14(17-10-11-20-2)8-9-15(18)21-3/h4-7,14,17H,8-11H2,1-3H3. The van der Waals surface area contributed by atoms with Gasteiger partial charge in [0.1, 0.15) is 0 Å². The summed E-state index contributed by atoms with van der Waals surface area (Å²) < 4.78 is 9.60. The molecule has 1 aromatic rings. The molecule has 1 unspecified atom stereocenters. The van der Waals surface area contributed by atoms with E-state index in [1.165, 1.54) is 7.11 Å². The number of carbonyl (C=O) groups excluding carboxylic acids is 2. The fourth-order valence-corrected chi connectivity index (χ4v) is 1.94. The normalized spacial score (nSPS) is 12.0. The van der Waals surface area contributed by atoms with Crippen molar-refractivity contribution in [2.24, 2.45) is 0 Å². The van der Waals surface area contributed by atoms with Crippen LogP contribution in [-0.4, -0.2) is 45.2 Å². The molecule has 0 saturated heterocycles. The Balaban J connectivity index is 2.70. The maximum Gasteiger partial charge on any atom is 0.305 e. The van der Waals surface area contributed by atoms with E-state index in [0.29, 0.717) is 25.1 Å². The molecule has 5 heteroatoms. The van der Waals surface area contributed by atoms with Crippen LogP contribution in [0, 0.1) is 6.92 Å². The van der Waals surface area contributed by atoms with Crippen molar-refractivity contribution in [3.05, 3.63) is 35.4 Å². The minimum Gasteiger partial charge on any atom is -0.469 e. The van der Waals surface area contributed by atoms with Gasteiger partial charge >= 0.3 is 5.97 Å². The van der Waals surface area contributed by atoms with E-state index in [9.17, 15) is 9.59 Å². The van der Waals surface area contributed by atoms with Crippen LogP contribution in [0.3, 0.4) is 0 Å². The molecule has 116 valence electrons. The van der Waals surface area contributed by atoms with Gasteiger partial charge in [0.2, 0.25) is 0 Å². The number of hydrogen-bond acceptors (Lipinski definition) is 5. The summed E-state index contributed by atoms with van der Waals surface area (Å²) in [5.41, 5.74) is 1.74. The van der Waals surface area contributed by atoms with Crippen LogP contribution < -0.4 is 5.32 Å². The van der Waals surface area contributed by atoms with Crippen LogP contribution in [0.5, 0.6) is 0 Å². The van der Waals surface area contributed by atoms with Crippen LogP contribution in [0.25, 0.3) is 0 Å². The van der Waals surface area contributed by atoms with Gasteiger partial charge in [0.15, 0.2) is 5.78 Å². The van der Waals surface area contributed by atoms with Crippen molar-refractivity contribution in [2.75, 3.05) is 27.4 Å². The predicted octanol–water partition coefficient (Wildman–Crippen LogP) is 1.74. The number of Topliss-reactive ketones (excluding diaryl/α,β-unsaturated/α-hetero) is 1. The highest BCUT2D eigenvalue weighted by Gasteiger charge is 2.20. The number of esters is 1. The van der Waals surface area contributed by atoms with Crippen molar-refractivity contribution in [2.45, 2.75) is 25.8 Å². The molecule has 0 amide bonds. The van der Waals surface area contributed by atoms with Crippen LogP contribution in [0.4, 0.5) is 0 Å². The Morgan fingerprint density at radius 1 is 1.19 bits per heavy atom. The Labute approximate surface area is 125 Å². The quantitative estimate of drug-likeness (QED) is 0.427. The second kappa shape index (κ2) is 9.26. The number of ether oxygens (including phenoxy) is 2. The number of rotatable bonds is 9. The summed E-state index contributed by atoms with van der Waals surface area (Å²) in [5.74, 6) is -0.333. The van der Waals surface area contributed by atoms with Crippen LogP contribution >= 0.6 is 0 Å². The Hall–Kier alpha value is -1.72. The molecule has 0 fully saturated rings. The Kier molecular flexibility index (Phi) is 7.64. The van der Waals surface area contributed by atoms with Gasteiger partial charge in [0, 0.05) is 25.6 Å². The molecule has 0 bridgehead atoms. The minimum atomic E-state index is -0.415. The van der Waals surface area contributed by atoms with E-state index in [1.807, 2.05) is 19.1 Å². The lowest BCUT2D eigenvalue weighted by Crippen LogP contribution is -2.39. The highest BCUT2D eigenvalue weighted by atomic mass is 16.5. The van der Waals surface area contributed by atoms with Crippen molar-refractivity contribution >= 4 is 11.8 Å². The van der Waals surface area contributed by atoms with Crippen LogP contribution in [0.15, 0.2) is 24.3 Å². The third kappa shape index (κ3) is 6.06. The maximum absolute atomic E-state index is 12.5. The number of aryl methyl sites for hydroxylation is 1. The number of ketones is 1. The van der Waals surface area contributed by atoms with Gasteiger partial charge in [0.05, 0.1) is 19.8 Å². The van der Waals surface area contributed by atoms with Crippen molar-refractivity contribution in [3.63, 3.8) is 0 Å². The van der Waals surface area contributed by atoms with Gasteiger partial charge in [-0.25, -0.2) is 0 Å². The molecule has 0 aliphatic carbocycles. The fourth-order valence-electron chi connectivity index (χ4n) is 1.94. The highest BCUT2D eigenvalue weighted by Crippen LogP contribution is 2.10. The first-order valence-corrected chi connectivity index (χ1v) is 6.98. The lowest BCUT2D eigenvalue weighted by atomic mass is 9.99. The van der Waals surface area contributed by atoms with Gasteiger partial charge in [-0.1, -0.05) is 29.8 Å². The van der Waals surface area contributed by atoms with E-state index < -0.39 is 6.04 Å². The third-order valence-corrected chi connectivity index (χ3v) is 3.21. The summed E-state index contributed by atoms with van der Waals surface area (Å²) in [6.45, 7) is 3.04. The summed E-state index contributed by atoms with van der Waals surface area (Å²) in [6, 6.07) is 7.00. The molecule has 1 atom stereocenters. The maximum atomic E-state index is 12.5. The molecular weight excluding hydrogens is 270 g/mol. The van der Waals surface area contributed by atoms with Gasteiger partial charge < -0.3 is 14.8 Å². The monoisotopic (exact) mass is 293 g/mol. The molecule has 0 heterocycles. The predicted molar refractivity (Wildman–Crippen MR) is 80.4 cm³/mol. The number of methoxy groups -OCH3 is 2. The zero-order valence-corrected chi connectivity index (χ0v) is 12.8. The zero-order chi connectivity index (χ0) is 15.7. The highest BCUT2D eigenvalue weighted by molar-refractivity contribution is 6.00. The van der Waals surface area contributed by atoms with E-state index in [1.54, 1.807) is 19.2 Å². The van der Waals surface area contributed by atoms with E-state index in [-0.39, 0.29) is 18.2 Å². The summed E-state index contributed by atoms with van der Waals surface area (Å²) in [4.78, 5) is 23.8. The molecule has 5 nitrogen and oxygen atoms in total. The molecule has 0 saturated carbocycles. The molecule has 0 aliphatic heterocycles. The molecule has 0 spiro atoms. The summed E-state index contributed by atoms with van der Waals surface area (Å²) in [6.07, 6.45) is 0.613. The van der Waals surface area contributed by atoms with E-state index in [4.69, 9.17) is 4.74 Å². The zero-order valence-electron chi connectivity index (χ0n) is 12.8. The van der Waals surface area contributed by atoms with E-state index in [0.717, 1.165) is 5.56 Å². The molecule has 0 aliphatic rings. The number of hydrogen-bond donors (Lipinski definition) is 1.